The number of aryl methyl sites for hydroxylation is 1. The minimum absolute atomic E-state index is 0.208. The maximum atomic E-state index is 12.7. The summed E-state index contributed by atoms with van der Waals surface area (Å²) in [6.45, 7) is 1.68. The number of thiophene rings is 1. The molecule has 1 N–H and O–H groups in total. The molecule has 0 amide bonds. The number of halogens is 1. The fraction of sp³-hybridized carbons (Fsp3) is 0.286. The molecule has 0 aliphatic carbocycles. The van der Waals surface area contributed by atoms with Crippen molar-refractivity contribution in [2.45, 2.75) is 25.0 Å². The second kappa shape index (κ2) is 6.46. The van der Waals surface area contributed by atoms with Crippen molar-refractivity contribution in [3.05, 3.63) is 50.7 Å². The number of rotatable bonds is 5. The van der Waals surface area contributed by atoms with Crippen LogP contribution in [0, 0.1) is 6.92 Å². The highest BCUT2D eigenvalue weighted by molar-refractivity contribution is 7.89. The van der Waals surface area contributed by atoms with E-state index in [1.807, 2.05) is 6.07 Å². The molecule has 0 radical (unpaired) electrons. The predicted molar refractivity (Wildman–Crippen MR) is 85.1 cm³/mol. The molecule has 0 unspecified atom stereocenters. The molecule has 2 aromatic rings. The number of sulfonamides is 1. The van der Waals surface area contributed by atoms with Crippen LogP contribution in [0.1, 0.15) is 16.0 Å². The fourth-order valence-corrected chi connectivity index (χ4v) is 5.05. The topological polar surface area (TPSA) is 57.6 Å². The summed E-state index contributed by atoms with van der Waals surface area (Å²) in [4.78, 5) is 0.671. The van der Waals surface area contributed by atoms with Crippen molar-refractivity contribution < 1.29 is 13.5 Å². The second-order valence-electron chi connectivity index (χ2n) is 4.72. The lowest BCUT2D eigenvalue weighted by atomic mass is 10.2. The Balaban J connectivity index is 2.33. The number of nitrogens with zero attached hydrogens (tertiary/aromatic N) is 1. The van der Waals surface area contributed by atoms with Gasteiger partial charge in [-0.15, -0.1) is 11.3 Å². The highest BCUT2D eigenvalue weighted by atomic mass is 35.5. The lowest BCUT2D eigenvalue weighted by Crippen LogP contribution is -2.27. The van der Waals surface area contributed by atoms with Crippen LogP contribution < -0.4 is 0 Å². The van der Waals surface area contributed by atoms with Gasteiger partial charge in [-0.3, -0.25) is 0 Å². The SMILES string of the molecule is Cc1csc(CO)c1S(=O)(=O)N(C)Cc1cccc(Cl)c1. The minimum atomic E-state index is -3.64. The first-order valence-electron chi connectivity index (χ1n) is 6.25. The Kier molecular flexibility index (Phi) is 5.06. The molecule has 1 aromatic heterocycles. The van der Waals surface area contributed by atoms with E-state index in [9.17, 15) is 13.5 Å². The Bertz CT molecular complexity index is 740. The zero-order chi connectivity index (χ0) is 15.6. The van der Waals surface area contributed by atoms with Gasteiger partial charge in [-0.05, 0) is 35.6 Å². The molecule has 0 fully saturated rings. The molecule has 4 nitrogen and oxygen atoms in total. The van der Waals surface area contributed by atoms with Crippen molar-refractivity contribution >= 4 is 33.0 Å². The Morgan fingerprint density at radius 3 is 2.71 bits per heavy atom. The Labute approximate surface area is 133 Å². The number of hydrogen-bond donors (Lipinski definition) is 1. The first-order valence-corrected chi connectivity index (χ1v) is 8.94. The van der Waals surface area contributed by atoms with Crippen LogP contribution in [0.4, 0.5) is 0 Å². The van der Waals surface area contributed by atoms with Crippen molar-refractivity contribution in [1.29, 1.82) is 0 Å². The van der Waals surface area contributed by atoms with Gasteiger partial charge in [0.1, 0.15) is 4.90 Å². The second-order valence-corrected chi connectivity index (χ2v) is 8.10. The molecule has 2 rings (SSSR count). The highest BCUT2D eigenvalue weighted by Gasteiger charge is 2.27. The molecule has 21 heavy (non-hydrogen) atoms. The third kappa shape index (κ3) is 3.46. The van der Waals surface area contributed by atoms with E-state index in [1.54, 1.807) is 30.5 Å². The summed E-state index contributed by atoms with van der Waals surface area (Å²) in [5, 5.41) is 11.6. The van der Waals surface area contributed by atoms with Crippen molar-refractivity contribution in [3.63, 3.8) is 0 Å². The number of aliphatic hydroxyl groups excluding tert-OH is 1. The van der Waals surface area contributed by atoms with E-state index in [1.165, 1.54) is 22.7 Å². The highest BCUT2D eigenvalue weighted by Crippen LogP contribution is 2.29. The molecular formula is C14H16ClNO3S2. The minimum Gasteiger partial charge on any atom is -0.391 e. The van der Waals surface area contributed by atoms with Crippen LogP contribution in [0.3, 0.4) is 0 Å². The molecule has 0 bridgehead atoms. The molecule has 0 saturated carbocycles. The smallest absolute Gasteiger partial charge is 0.244 e. The zero-order valence-electron chi connectivity index (χ0n) is 11.7. The van der Waals surface area contributed by atoms with E-state index < -0.39 is 10.0 Å². The van der Waals surface area contributed by atoms with Crippen molar-refractivity contribution in [3.8, 4) is 0 Å². The summed E-state index contributed by atoms with van der Waals surface area (Å²) < 4.78 is 26.6. The monoisotopic (exact) mass is 345 g/mol. The molecule has 7 heteroatoms. The van der Waals surface area contributed by atoms with E-state index >= 15 is 0 Å². The summed E-state index contributed by atoms with van der Waals surface area (Å²) in [7, 11) is -2.12. The molecule has 1 heterocycles. The van der Waals surface area contributed by atoms with Crippen molar-refractivity contribution in [1.82, 2.24) is 4.31 Å². The number of benzene rings is 1. The number of aliphatic hydroxyl groups is 1. The van der Waals surface area contributed by atoms with Crippen LogP contribution in [0.5, 0.6) is 0 Å². The average Bonchev–Trinajstić information content (AvgIpc) is 2.80. The molecule has 1 aromatic carbocycles. The van der Waals surface area contributed by atoms with E-state index in [0.29, 0.717) is 15.5 Å². The third-order valence-corrected chi connectivity index (χ3v) is 6.58. The van der Waals surface area contributed by atoms with Gasteiger partial charge in [0.05, 0.1) is 11.5 Å². The predicted octanol–water partition coefficient (Wildman–Crippen LogP) is 3.02. The molecule has 0 spiro atoms. The van der Waals surface area contributed by atoms with Crippen LogP contribution in [0.25, 0.3) is 0 Å². The summed E-state index contributed by atoms with van der Waals surface area (Å²) in [6.07, 6.45) is 0. The van der Waals surface area contributed by atoms with Gasteiger partial charge in [-0.2, -0.15) is 4.31 Å². The van der Waals surface area contributed by atoms with E-state index in [4.69, 9.17) is 11.6 Å². The van der Waals surface area contributed by atoms with E-state index in [0.717, 1.165) is 5.56 Å². The van der Waals surface area contributed by atoms with Gasteiger partial charge in [0, 0.05) is 18.6 Å². The molecule has 114 valence electrons. The van der Waals surface area contributed by atoms with Gasteiger partial charge in [-0.1, -0.05) is 23.7 Å². The van der Waals surface area contributed by atoms with Crippen LogP contribution >= 0.6 is 22.9 Å². The van der Waals surface area contributed by atoms with Gasteiger partial charge >= 0.3 is 0 Å². The van der Waals surface area contributed by atoms with Gasteiger partial charge < -0.3 is 5.11 Å². The van der Waals surface area contributed by atoms with Crippen LogP contribution in [0.15, 0.2) is 34.5 Å². The first kappa shape index (κ1) is 16.5. The Morgan fingerprint density at radius 1 is 1.38 bits per heavy atom. The molecule has 0 saturated heterocycles. The molecule has 0 atom stereocenters. The number of hydrogen-bond acceptors (Lipinski definition) is 4. The molecular weight excluding hydrogens is 330 g/mol. The zero-order valence-corrected chi connectivity index (χ0v) is 14.1. The van der Waals surface area contributed by atoms with Gasteiger partial charge in [0.25, 0.3) is 0 Å². The summed E-state index contributed by atoms with van der Waals surface area (Å²) >= 11 is 7.17. The Hall–Kier alpha value is -0.920. The Morgan fingerprint density at radius 2 is 2.10 bits per heavy atom. The van der Waals surface area contributed by atoms with Gasteiger partial charge in [0.15, 0.2) is 0 Å². The van der Waals surface area contributed by atoms with Crippen LogP contribution in [-0.4, -0.2) is 24.9 Å². The van der Waals surface area contributed by atoms with Crippen LogP contribution in [-0.2, 0) is 23.2 Å². The lowest BCUT2D eigenvalue weighted by molar-refractivity contribution is 0.282. The molecule has 0 aliphatic heterocycles. The standard InChI is InChI=1S/C14H16ClNO3S2/c1-10-9-20-13(8-17)14(10)21(18,19)16(2)7-11-4-3-5-12(15)6-11/h3-6,9,17H,7-8H2,1-2H3. The van der Waals surface area contributed by atoms with Crippen molar-refractivity contribution in [2.24, 2.45) is 0 Å². The normalized spacial score (nSPS) is 12.0. The largest absolute Gasteiger partial charge is 0.391 e. The van der Waals surface area contributed by atoms with Crippen molar-refractivity contribution in [2.75, 3.05) is 7.05 Å². The van der Waals surface area contributed by atoms with Gasteiger partial charge in [0.2, 0.25) is 10.0 Å². The summed E-state index contributed by atoms with van der Waals surface area (Å²) in [6, 6.07) is 7.09. The van der Waals surface area contributed by atoms with Gasteiger partial charge in [-0.25, -0.2) is 8.42 Å². The lowest BCUT2D eigenvalue weighted by Gasteiger charge is -2.18. The maximum absolute atomic E-state index is 12.7. The van der Waals surface area contributed by atoms with E-state index in [-0.39, 0.29) is 18.0 Å². The fourth-order valence-electron chi connectivity index (χ4n) is 2.08. The quantitative estimate of drug-likeness (QED) is 0.906. The van der Waals surface area contributed by atoms with E-state index in [2.05, 4.69) is 0 Å². The third-order valence-electron chi connectivity index (χ3n) is 3.10. The maximum Gasteiger partial charge on any atom is 0.244 e. The molecule has 0 aliphatic rings. The summed E-state index contributed by atoms with van der Waals surface area (Å²) in [5.74, 6) is 0. The summed E-state index contributed by atoms with van der Waals surface area (Å²) in [5.41, 5.74) is 1.47. The average molecular weight is 346 g/mol. The van der Waals surface area contributed by atoms with Crippen LogP contribution in [0.2, 0.25) is 5.02 Å². The first-order chi connectivity index (χ1) is 9.86.